The summed E-state index contributed by atoms with van der Waals surface area (Å²) < 4.78 is 0.952. The van der Waals surface area contributed by atoms with Crippen LogP contribution in [-0.4, -0.2) is 34.8 Å². The molecule has 6 nitrogen and oxygen atoms in total. The van der Waals surface area contributed by atoms with E-state index in [-0.39, 0.29) is 18.4 Å². The first kappa shape index (κ1) is 17.9. The second-order valence-electron chi connectivity index (χ2n) is 7.10. The summed E-state index contributed by atoms with van der Waals surface area (Å²) in [5, 5.41) is 5.57. The molecule has 2 N–H and O–H groups in total. The van der Waals surface area contributed by atoms with Crippen LogP contribution in [0.4, 0.5) is 10.5 Å². The molecule has 1 saturated carbocycles. The van der Waals surface area contributed by atoms with Crippen molar-refractivity contribution in [1.29, 1.82) is 0 Å². The lowest BCUT2D eigenvalue weighted by Gasteiger charge is -2.33. The van der Waals surface area contributed by atoms with Gasteiger partial charge in [-0.3, -0.25) is 14.5 Å². The number of rotatable bonds is 3. The van der Waals surface area contributed by atoms with Crippen LogP contribution in [0.1, 0.15) is 38.2 Å². The molecule has 4 amide bonds. The molecule has 1 saturated heterocycles. The molecule has 0 atom stereocenters. The molecule has 0 unspecified atom stereocenters. The Morgan fingerprint density at radius 2 is 2.04 bits per heavy atom. The Morgan fingerprint density at radius 3 is 2.68 bits per heavy atom. The second-order valence-corrected chi connectivity index (χ2v) is 7.95. The van der Waals surface area contributed by atoms with Crippen molar-refractivity contribution < 1.29 is 14.4 Å². The lowest BCUT2D eigenvalue weighted by molar-refractivity contribution is -0.135. The largest absolute Gasteiger partial charge is 0.325 e. The summed E-state index contributed by atoms with van der Waals surface area (Å²) in [7, 11) is 0. The fraction of sp³-hybridized carbons (Fsp3) is 0.500. The molecule has 7 heteroatoms. The quantitative estimate of drug-likeness (QED) is 0.755. The van der Waals surface area contributed by atoms with Gasteiger partial charge in [0.1, 0.15) is 12.1 Å². The monoisotopic (exact) mass is 407 g/mol. The van der Waals surface area contributed by atoms with E-state index in [1.807, 2.05) is 19.1 Å². The number of imide groups is 1. The topological polar surface area (TPSA) is 78.5 Å². The Kier molecular flexibility index (Phi) is 4.86. The first-order chi connectivity index (χ1) is 11.8. The fourth-order valence-corrected chi connectivity index (χ4v) is 3.73. The van der Waals surface area contributed by atoms with Crippen LogP contribution >= 0.6 is 15.9 Å². The zero-order valence-electron chi connectivity index (χ0n) is 14.4. The summed E-state index contributed by atoms with van der Waals surface area (Å²) in [6, 6.07) is 4.97. The van der Waals surface area contributed by atoms with E-state index in [2.05, 4.69) is 33.5 Å². The first-order valence-corrected chi connectivity index (χ1v) is 9.30. The van der Waals surface area contributed by atoms with Crippen molar-refractivity contribution in [2.45, 2.75) is 45.1 Å². The van der Waals surface area contributed by atoms with Crippen LogP contribution in [-0.2, 0) is 9.59 Å². The van der Waals surface area contributed by atoms with Gasteiger partial charge in [0.15, 0.2) is 0 Å². The van der Waals surface area contributed by atoms with Crippen molar-refractivity contribution in [2.24, 2.45) is 5.92 Å². The number of halogens is 1. The number of aryl methyl sites for hydroxylation is 1. The van der Waals surface area contributed by atoms with Crippen LogP contribution in [0.3, 0.4) is 0 Å². The van der Waals surface area contributed by atoms with Gasteiger partial charge in [-0.25, -0.2) is 4.79 Å². The maximum absolute atomic E-state index is 12.7. The van der Waals surface area contributed by atoms with Crippen molar-refractivity contribution in [3.8, 4) is 0 Å². The van der Waals surface area contributed by atoms with Crippen molar-refractivity contribution in [3.63, 3.8) is 0 Å². The smallest absolute Gasteiger partial charge is 0.325 e. The Balaban J connectivity index is 1.66. The highest BCUT2D eigenvalue weighted by molar-refractivity contribution is 9.10. The Bertz CT molecular complexity index is 726. The molecule has 2 fully saturated rings. The minimum Gasteiger partial charge on any atom is -0.325 e. The summed E-state index contributed by atoms with van der Waals surface area (Å²) in [5.74, 6) is -0.0914. The third-order valence-electron chi connectivity index (χ3n) is 5.12. The lowest BCUT2D eigenvalue weighted by Crippen LogP contribution is -2.49. The van der Waals surface area contributed by atoms with E-state index in [1.165, 1.54) is 0 Å². The van der Waals surface area contributed by atoms with Crippen LogP contribution < -0.4 is 10.6 Å². The van der Waals surface area contributed by atoms with E-state index in [4.69, 9.17) is 0 Å². The molecule has 1 aromatic carbocycles. The van der Waals surface area contributed by atoms with Crippen LogP contribution in [0.25, 0.3) is 0 Å². The fourth-order valence-electron chi connectivity index (χ4n) is 3.48. The molecule has 1 aromatic rings. The van der Waals surface area contributed by atoms with Gasteiger partial charge >= 0.3 is 6.03 Å². The summed E-state index contributed by atoms with van der Waals surface area (Å²) in [5.41, 5.74) is 0.819. The molecule has 1 spiro atoms. The third-order valence-corrected chi connectivity index (χ3v) is 6.01. The molecular formula is C18H22BrN3O3. The highest BCUT2D eigenvalue weighted by atomic mass is 79.9. The molecule has 1 aliphatic heterocycles. The SMILES string of the molecule is Cc1cc(NC(=O)CN2C(=O)NC3(CCC(C)CC3)C2=O)ccc1Br. The van der Waals surface area contributed by atoms with E-state index in [1.54, 1.807) is 6.07 Å². The summed E-state index contributed by atoms with van der Waals surface area (Å²) in [6.07, 6.45) is 3.10. The predicted molar refractivity (Wildman–Crippen MR) is 98.1 cm³/mol. The molecule has 3 rings (SSSR count). The number of nitrogens with zero attached hydrogens (tertiary/aromatic N) is 1. The molecule has 134 valence electrons. The van der Waals surface area contributed by atoms with Crippen LogP contribution in [0.5, 0.6) is 0 Å². The number of anilines is 1. The van der Waals surface area contributed by atoms with Crippen molar-refractivity contribution in [1.82, 2.24) is 10.2 Å². The number of urea groups is 1. The van der Waals surface area contributed by atoms with Gasteiger partial charge in [-0.2, -0.15) is 0 Å². The van der Waals surface area contributed by atoms with Gasteiger partial charge in [0.25, 0.3) is 5.91 Å². The zero-order valence-corrected chi connectivity index (χ0v) is 16.0. The molecular weight excluding hydrogens is 386 g/mol. The van der Waals surface area contributed by atoms with Crippen molar-refractivity contribution in [2.75, 3.05) is 11.9 Å². The maximum Gasteiger partial charge on any atom is 0.325 e. The minimum atomic E-state index is -0.807. The van der Waals surface area contributed by atoms with Crippen LogP contribution in [0, 0.1) is 12.8 Å². The Labute approximate surface area is 155 Å². The number of benzene rings is 1. The average Bonchev–Trinajstić information content (AvgIpc) is 2.78. The highest BCUT2D eigenvalue weighted by Gasteiger charge is 2.52. The molecule has 25 heavy (non-hydrogen) atoms. The van der Waals surface area contributed by atoms with Gasteiger partial charge in [0, 0.05) is 10.2 Å². The average molecular weight is 408 g/mol. The Hall–Kier alpha value is -1.89. The van der Waals surface area contributed by atoms with Crippen LogP contribution in [0.15, 0.2) is 22.7 Å². The predicted octanol–water partition coefficient (Wildman–Crippen LogP) is 3.20. The zero-order chi connectivity index (χ0) is 18.2. The van der Waals surface area contributed by atoms with Crippen molar-refractivity contribution >= 4 is 39.5 Å². The Morgan fingerprint density at radius 1 is 1.36 bits per heavy atom. The molecule has 1 aliphatic carbocycles. The van der Waals surface area contributed by atoms with Gasteiger partial charge in [-0.05, 0) is 62.3 Å². The number of hydrogen-bond donors (Lipinski definition) is 2. The van der Waals surface area contributed by atoms with E-state index >= 15 is 0 Å². The van der Waals surface area contributed by atoms with Gasteiger partial charge in [-0.1, -0.05) is 22.9 Å². The lowest BCUT2D eigenvalue weighted by atomic mass is 9.77. The molecule has 0 bridgehead atoms. The highest BCUT2D eigenvalue weighted by Crippen LogP contribution is 2.36. The van der Waals surface area contributed by atoms with E-state index < -0.39 is 11.6 Å². The maximum atomic E-state index is 12.7. The number of carbonyl (C=O) groups is 3. The minimum absolute atomic E-state index is 0.267. The summed E-state index contributed by atoms with van der Waals surface area (Å²) in [6.45, 7) is 3.81. The standard InChI is InChI=1S/C18H22BrN3O3/c1-11-5-7-18(8-6-11)16(24)22(17(25)21-18)10-15(23)20-13-3-4-14(19)12(2)9-13/h3-4,9,11H,5-8,10H2,1-2H3,(H,20,23)(H,21,25). The number of carbonyl (C=O) groups excluding carboxylic acids is 3. The number of hydrogen-bond acceptors (Lipinski definition) is 3. The number of nitrogens with one attached hydrogen (secondary N) is 2. The van der Waals surface area contributed by atoms with Gasteiger partial charge < -0.3 is 10.6 Å². The molecule has 1 heterocycles. The third kappa shape index (κ3) is 3.56. The summed E-state index contributed by atoms with van der Waals surface area (Å²) >= 11 is 3.41. The van der Waals surface area contributed by atoms with Gasteiger partial charge in [0.05, 0.1) is 0 Å². The van der Waals surface area contributed by atoms with Crippen molar-refractivity contribution in [3.05, 3.63) is 28.2 Å². The van der Waals surface area contributed by atoms with E-state index in [0.29, 0.717) is 24.4 Å². The molecule has 0 aromatic heterocycles. The summed E-state index contributed by atoms with van der Waals surface area (Å²) in [4.78, 5) is 38.3. The normalized spacial score (nSPS) is 26.0. The van der Waals surface area contributed by atoms with Crippen LogP contribution in [0.2, 0.25) is 0 Å². The van der Waals surface area contributed by atoms with E-state index in [9.17, 15) is 14.4 Å². The van der Waals surface area contributed by atoms with Gasteiger partial charge in [-0.15, -0.1) is 0 Å². The first-order valence-electron chi connectivity index (χ1n) is 8.51. The molecule has 2 aliphatic rings. The second kappa shape index (κ2) is 6.78. The van der Waals surface area contributed by atoms with Gasteiger partial charge in [0.2, 0.25) is 5.91 Å². The van der Waals surface area contributed by atoms with E-state index in [0.717, 1.165) is 27.8 Å². The molecule has 0 radical (unpaired) electrons. The number of amides is 4.